The SMILES string of the molecule is Cn1cc(C(CC(=O)NCc2ccc(F)cc2)c2cccs2)c2ccccc21. The Morgan fingerprint density at radius 1 is 1.11 bits per heavy atom. The fourth-order valence-corrected chi connectivity index (χ4v) is 4.41. The monoisotopic (exact) mass is 392 g/mol. The van der Waals surface area contributed by atoms with Crippen LogP contribution in [0.2, 0.25) is 0 Å². The molecule has 28 heavy (non-hydrogen) atoms. The normalized spacial score (nSPS) is 12.2. The third kappa shape index (κ3) is 3.85. The molecule has 2 heterocycles. The minimum Gasteiger partial charge on any atom is -0.352 e. The summed E-state index contributed by atoms with van der Waals surface area (Å²) in [6.07, 6.45) is 2.50. The summed E-state index contributed by atoms with van der Waals surface area (Å²) in [5, 5.41) is 6.19. The van der Waals surface area contributed by atoms with Crippen LogP contribution in [0.25, 0.3) is 10.9 Å². The number of benzene rings is 2. The van der Waals surface area contributed by atoms with Gasteiger partial charge in [-0.25, -0.2) is 4.39 Å². The summed E-state index contributed by atoms with van der Waals surface area (Å²) < 4.78 is 15.2. The number of rotatable bonds is 6. The maximum absolute atomic E-state index is 13.0. The van der Waals surface area contributed by atoms with Gasteiger partial charge in [-0.05, 0) is 40.8 Å². The van der Waals surface area contributed by atoms with Gasteiger partial charge in [0, 0.05) is 47.9 Å². The van der Waals surface area contributed by atoms with Crippen molar-refractivity contribution in [1.29, 1.82) is 0 Å². The van der Waals surface area contributed by atoms with Crippen LogP contribution in [0.15, 0.2) is 72.2 Å². The predicted molar refractivity (Wildman–Crippen MR) is 112 cm³/mol. The summed E-state index contributed by atoms with van der Waals surface area (Å²) in [5.41, 5.74) is 3.20. The number of thiophene rings is 1. The Kier molecular flexibility index (Phi) is 5.26. The van der Waals surface area contributed by atoms with Crippen molar-refractivity contribution in [3.8, 4) is 0 Å². The second-order valence-corrected chi connectivity index (χ2v) is 7.87. The highest BCUT2D eigenvalue weighted by molar-refractivity contribution is 7.10. The van der Waals surface area contributed by atoms with Crippen molar-refractivity contribution in [2.45, 2.75) is 18.9 Å². The Balaban J connectivity index is 1.57. The molecule has 4 aromatic rings. The zero-order valence-electron chi connectivity index (χ0n) is 15.6. The lowest BCUT2D eigenvalue weighted by Crippen LogP contribution is -2.24. The minimum absolute atomic E-state index is 0.000632. The number of carbonyl (C=O) groups is 1. The lowest BCUT2D eigenvalue weighted by atomic mass is 9.93. The van der Waals surface area contributed by atoms with Gasteiger partial charge in [-0.2, -0.15) is 0 Å². The number of aromatic nitrogens is 1. The van der Waals surface area contributed by atoms with E-state index in [-0.39, 0.29) is 17.6 Å². The van der Waals surface area contributed by atoms with Crippen molar-refractivity contribution in [3.05, 3.63) is 94.1 Å². The van der Waals surface area contributed by atoms with E-state index in [2.05, 4.69) is 34.3 Å². The number of hydrogen-bond donors (Lipinski definition) is 1. The van der Waals surface area contributed by atoms with Crippen LogP contribution in [-0.2, 0) is 18.4 Å². The predicted octanol–water partition coefficient (Wildman–Crippen LogP) is 5.22. The van der Waals surface area contributed by atoms with Crippen molar-refractivity contribution in [2.75, 3.05) is 0 Å². The van der Waals surface area contributed by atoms with Gasteiger partial charge in [0.2, 0.25) is 5.91 Å². The molecule has 0 aliphatic rings. The summed E-state index contributed by atoms with van der Waals surface area (Å²) >= 11 is 1.67. The van der Waals surface area contributed by atoms with Gasteiger partial charge >= 0.3 is 0 Å². The third-order valence-electron chi connectivity index (χ3n) is 4.98. The van der Waals surface area contributed by atoms with Gasteiger partial charge in [0.05, 0.1) is 0 Å². The molecule has 0 aliphatic carbocycles. The molecule has 2 aromatic carbocycles. The van der Waals surface area contributed by atoms with Crippen molar-refractivity contribution < 1.29 is 9.18 Å². The van der Waals surface area contributed by atoms with E-state index in [1.54, 1.807) is 23.5 Å². The lowest BCUT2D eigenvalue weighted by molar-refractivity contribution is -0.121. The molecule has 1 unspecified atom stereocenters. The second-order valence-electron chi connectivity index (χ2n) is 6.89. The number of fused-ring (bicyclic) bond motifs is 1. The summed E-state index contributed by atoms with van der Waals surface area (Å²) in [4.78, 5) is 13.9. The van der Waals surface area contributed by atoms with Crippen molar-refractivity contribution in [1.82, 2.24) is 9.88 Å². The standard InChI is InChI=1S/C23H21FN2OS/c1-26-15-20(18-5-2-3-6-21(18)26)19(22-7-4-12-28-22)13-23(27)25-14-16-8-10-17(24)11-9-16/h2-12,15,19H,13-14H2,1H3,(H,25,27). The maximum atomic E-state index is 13.0. The van der Waals surface area contributed by atoms with E-state index in [9.17, 15) is 9.18 Å². The first-order valence-electron chi connectivity index (χ1n) is 9.20. The highest BCUT2D eigenvalue weighted by Crippen LogP contribution is 2.36. The van der Waals surface area contributed by atoms with Crippen molar-refractivity contribution in [2.24, 2.45) is 7.05 Å². The molecule has 1 atom stereocenters. The van der Waals surface area contributed by atoms with Gasteiger partial charge in [0.15, 0.2) is 0 Å². The lowest BCUT2D eigenvalue weighted by Gasteiger charge is -2.15. The number of para-hydroxylation sites is 1. The summed E-state index contributed by atoms with van der Waals surface area (Å²) in [6.45, 7) is 0.395. The van der Waals surface area contributed by atoms with Crippen LogP contribution in [0, 0.1) is 5.82 Å². The van der Waals surface area contributed by atoms with Gasteiger partial charge in [-0.3, -0.25) is 4.79 Å². The molecule has 0 spiro atoms. The van der Waals surface area contributed by atoms with Gasteiger partial charge in [-0.1, -0.05) is 36.4 Å². The Morgan fingerprint density at radius 3 is 2.64 bits per heavy atom. The summed E-state index contributed by atoms with van der Waals surface area (Å²) in [5.74, 6) is -0.293. The van der Waals surface area contributed by atoms with E-state index in [1.807, 2.05) is 30.6 Å². The van der Waals surface area contributed by atoms with E-state index in [4.69, 9.17) is 0 Å². The van der Waals surface area contributed by atoms with Crippen LogP contribution in [0.3, 0.4) is 0 Å². The number of halogens is 1. The van der Waals surface area contributed by atoms with Crippen molar-refractivity contribution >= 4 is 28.1 Å². The second kappa shape index (κ2) is 7.98. The molecule has 0 fully saturated rings. The molecule has 0 saturated carbocycles. The average Bonchev–Trinajstić information content (AvgIpc) is 3.35. The molecule has 0 aliphatic heterocycles. The molecule has 4 rings (SSSR count). The van der Waals surface area contributed by atoms with Gasteiger partial charge in [0.1, 0.15) is 5.82 Å². The van der Waals surface area contributed by atoms with E-state index < -0.39 is 0 Å². The highest BCUT2D eigenvalue weighted by atomic mass is 32.1. The van der Waals surface area contributed by atoms with Crippen LogP contribution in [0.1, 0.15) is 28.3 Å². The topological polar surface area (TPSA) is 34.0 Å². The molecule has 5 heteroatoms. The first kappa shape index (κ1) is 18.4. The summed E-state index contributed by atoms with van der Waals surface area (Å²) in [6, 6.07) is 18.6. The van der Waals surface area contributed by atoms with Crippen molar-refractivity contribution in [3.63, 3.8) is 0 Å². The Bertz CT molecular complexity index is 1080. The largest absolute Gasteiger partial charge is 0.352 e. The zero-order chi connectivity index (χ0) is 19.5. The molecule has 2 aromatic heterocycles. The number of aryl methyl sites for hydroxylation is 1. The zero-order valence-corrected chi connectivity index (χ0v) is 16.4. The third-order valence-corrected chi connectivity index (χ3v) is 5.97. The summed E-state index contributed by atoms with van der Waals surface area (Å²) in [7, 11) is 2.03. The Morgan fingerprint density at radius 2 is 1.89 bits per heavy atom. The average molecular weight is 392 g/mol. The van der Waals surface area contributed by atoms with Crippen LogP contribution >= 0.6 is 11.3 Å². The smallest absolute Gasteiger partial charge is 0.221 e. The van der Waals surface area contributed by atoms with E-state index in [0.717, 1.165) is 16.6 Å². The van der Waals surface area contributed by atoms with Crippen LogP contribution in [-0.4, -0.2) is 10.5 Å². The minimum atomic E-state index is -0.274. The number of nitrogens with one attached hydrogen (secondary N) is 1. The first-order valence-corrected chi connectivity index (χ1v) is 10.1. The van der Waals surface area contributed by atoms with Gasteiger partial charge in [-0.15, -0.1) is 11.3 Å². The fourth-order valence-electron chi connectivity index (χ4n) is 3.56. The fraction of sp³-hybridized carbons (Fsp3) is 0.174. The van der Waals surface area contributed by atoms with Crippen LogP contribution in [0.5, 0.6) is 0 Å². The quantitative estimate of drug-likeness (QED) is 0.480. The molecule has 0 radical (unpaired) electrons. The molecular formula is C23H21FN2OS. The van der Waals surface area contributed by atoms with E-state index >= 15 is 0 Å². The van der Waals surface area contributed by atoms with Gasteiger partial charge in [0.25, 0.3) is 0 Å². The molecule has 0 saturated heterocycles. The van der Waals surface area contributed by atoms with E-state index in [0.29, 0.717) is 13.0 Å². The molecule has 0 bridgehead atoms. The van der Waals surface area contributed by atoms with Crippen LogP contribution in [0.4, 0.5) is 4.39 Å². The number of carbonyl (C=O) groups excluding carboxylic acids is 1. The molecule has 3 nitrogen and oxygen atoms in total. The molecular weight excluding hydrogens is 371 g/mol. The maximum Gasteiger partial charge on any atom is 0.221 e. The van der Waals surface area contributed by atoms with Gasteiger partial charge < -0.3 is 9.88 Å². The molecule has 1 amide bonds. The number of nitrogens with zero attached hydrogens (tertiary/aromatic N) is 1. The first-order chi connectivity index (χ1) is 13.6. The number of amides is 1. The van der Waals surface area contributed by atoms with Crippen LogP contribution < -0.4 is 5.32 Å². The molecule has 1 N–H and O–H groups in total. The molecule has 142 valence electrons. The Labute approximate surface area is 167 Å². The number of hydrogen-bond acceptors (Lipinski definition) is 2. The highest BCUT2D eigenvalue weighted by Gasteiger charge is 2.23. The Hall–Kier alpha value is -2.92. The van der Waals surface area contributed by atoms with E-state index in [1.165, 1.54) is 22.4 Å².